The number of urea groups is 1. The van der Waals surface area contributed by atoms with Gasteiger partial charge in [-0.3, -0.25) is 4.79 Å². The highest BCUT2D eigenvalue weighted by molar-refractivity contribution is 5.84. The lowest BCUT2D eigenvalue weighted by Crippen LogP contribution is -2.51. The van der Waals surface area contributed by atoms with Crippen molar-refractivity contribution < 1.29 is 29.0 Å². The number of esters is 1. The number of aliphatic carboxylic acids is 1. The third-order valence-corrected chi connectivity index (χ3v) is 7.43. The Morgan fingerprint density at radius 2 is 1.40 bits per heavy atom. The maximum absolute atomic E-state index is 13.7. The summed E-state index contributed by atoms with van der Waals surface area (Å²) in [5.41, 5.74) is 4.21. The van der Waals surface area contributed by atoms with Crippen molar-refractivity contribution in [1.29, 1.82) is 0 Å². The van der Waals surface area contributed by atoms with Gasteiger partial charge in [-0.1, -0.05) is 117 Å². The first-order chi connectivity index (χ1) is 21.8. The van der Waals surface area contributed by atoms with Gasteiger partial charge in [0.1, 0.15) is 18.4 Å². The zero-order valence-electron chi connectivity index (χ0n) is 25.9. The van der Waals surface area contributed by atoms with Gasteiger partial charge in [-0.2, -0.15) is 0 Å². The Bertz CT molecular complexity index is 1540. The van der Waals surface area contributed by atoms with E-state index in [1.54, 1.807) is 6.07 Å². The SMILES string of the molecule is COc1ccccc1C(c1ccc(-c2ccccc2)cc1)[C@H](NC(=O)N(CCC(=O)OCc1ccccc1)CC(C)C)C(=O)O. The molecule has 45 heavy (non-hydrogen) atoms. The van der Waals surface area contributed by atoms with E-state index >= 15 is 0 Å². The molecule has 0 radical (unpaired) electrons. The number of carboxylic acid groups (broad SMARTS) is 1. The molecule has 1 unspecified atom stereocenters. The molecule has 0 spiro atoms. The molecule has 8 heteroatoms. The number of hydrogen-bond donors (Lipinski definition) is 2. The van der Waals surface area contributed by atoms with E-state index < -0.39 is 29.9 Å². The monoisotopic (exact) mass is 608 g/mol. The van der Waals surface area contributed by atoms with E-state index in [1.807, 2.05) is 117 Å². The first kappa shape index (κ1) is 32.8. The number of ether oxygens (including phenoxy) is 2. The minimum absolute atomic E-state index is 0.0262. The summed E-state index contributed by atoms with van der Waals surface area (Å²) in [6, 6.07) is 32.2. The number of hydrogen-bond acceptors (Lipinski definition) is 5. The highest BCUT2D eigenvalue weighted by atomic mass is 16.5. The Morgan fingerprint density at radius 1 is 0.800 bits per heavy atom. The smallest absolute Gasteiger partial charge is 0.327 e. The van der Waals surface area contributed by atoms with E-state index in [4.69, 9.17) is 9.47 Å². The van der Waals surface area contributed by atoms with Crippen molar-refractivity contribution in [2.24, 2.45) is 5.92 Å². The van der Waals surface area contributed by atoms with Gasteiger partial charge in [-0.05, 0) is 34.2 Å². The number of nitrogens with one attached hydrogen (secondary N) is 1. The summed E-state index contributed by atoms with van der Waals surface area (Å²) in [7, 11) is 1.53. The topological polar surface area (TPSA) is 105 Å². The molecule has 0 aliphatic heterocycles. The molecule has 0 heterocycles. The minimum Gasteiger partial charge on any atom is -0.496 e. The summed E-state index contributed by atoms with van der Waals surface area (Å²) in [6.45, 7) is 4.45. The maximum atomic E-state index is 13.7. The minimum atomic E-state index is -1.34. The molecule has 0 aromatic heterocycles. The number of carbonyl (C=O) groups excluding carboxylic acids is 2. The Balaban J connectivity index is 1.58. The van der Waals surface area contributed by atoms with Crippen molar-refractivity contribution in [2.45, 2.75) is 38.8 Å². The molecular formula is C37H40N2O6. The average molecular weight is 609 g/mol. The zero-order chi connectivity index (χ0) is 32.2. The molecule has 4 aromatic carbocycles. The van der Waals surface area contributed by atoms with Crippen molar-refractivity contribution in [3.63, 3.8) is 0 Å². The lowest BCUT2D eigenvalue weighted by Gasteiger charge is -2.31. The van der Waals surface area contributed by atoms with Gasteiger partial charge in [-0.15, -0.1) is 0 Å². The molecule has 0 aliphatic rings. The molecule has 2 N–H and O–H groups in total. The van der Waals surface area contributed by atoms with E-state index in [9.17, 15) is 19.5 Å². The van der Waals surface area contributed by atoms with Crippen molar-refractivity contribution in [2.75, 3.05) is 20.2 Å². The summed E-state index contributed by atoms with van der Waals surface area (Å²) < 4.78 is 11.0. The summed E-state index contributed by atoms with van der Waals surface area (Å²) >= 11 is 0. The van der Waals surface area contributed by atoms with Crippen molar-refractivity contribution in [3.8, 4) is 16.9 Å². The van der Waals surface area contributed by atoms with E-state index in [1.165, 1.54) is 12.0 Å². The van der Waals surface area contributed by atoms with E-state index in [2.05, 4.69) is 5.32 Å². The van der Waals surface area contributed by atoms with E-state index in [0.29, 0.717) is 23.4 Å². The Hall–Kier alpha value is -5.11. The van der Waals surface area contributed by atoms with Crippen LogP contribution < -0.4 is 10.1 Å². The van der Waals surface area contributed by atoms with Crippen LogP contribution in [0.2, 0.25) is 0 Å². The summed E-state index contributed by atoms with van der Waals surface area (Å²) in [5.74, 6) is -1.83. The molecule has 0 bridgehead atoms. The number of nitrogens with zero attached hydrogens (tertiary/aromatic N) is 1. The van der Waals surface area contributed by atoms with Crippen LogP contribution in [-0.2, 0) is 20.9 Å². The van der Waals surface area contributed by atoms with Crippen LogP contribution in [0.15, 0.2) is 109 Å². The lowest BCUT2D eigenvalue weighted by molar-refractivity contribution is -0.145. The first-order valence-electron chi connectivity index (χ1n) is 15.0. The van der Waals surface area contributed by atoms with Crippen molar-refractivity contribution in [3.05, 3.63) is 126 Å². The number of carbonyl (C=O) groups is 3. The number of amides is 2. The highest BCUT2D eigenvalue weighted by Crippen LogP contribution is 2.36. The van der Waals surface area contributed by atoms with Crippen molar-refractivity contribution in [1.82, 2.24) is 10.2 Å². The predicted molar refractivity (Wildman–Crippen MR) is 174 cm³/mol. The number of benzene rings is 4. The molecule has 234 valence electrons. The third-order valence-electron chi connectivity index (χ3n) is 7.43. The molecule has 4 rings (SSSR count). The van der Waals surface area contributed by atoms with Gasteiger partial charge in [0, 0.05) is 24.6 Å². The van der Waals surface area contributed by atoms with Crippen LogP contribution in [0.4, 0.5) is 4.79 Å². The van der Waals surface area contributed by atoms with Gasteiger partial charge >= 0.3 is 18.0 Å². The molecule has 2 atom stereocenters. The second-order valence-corrected chi connectivity index (χ2v) is 11.2. The second kappa shape index (κ2) is 16.1. The standard InChI is InChI=1S/C37H40N2O6/c1-26(2)24-39(23-22-33(40)45-25-27-12-6-4-7-13-27)37(43)38-35(36(41)42)34(31-16-10-11-17-32(31)44-3)30-20-18-29(19-21-30)28-14-8-5-9-15-28/h4-21,26,34-35H,22-25H2,1-3H3,(H,38,43)(H,41,42)/t34?,35-/m0/s1. The Kier molecular flexibility index (Phi) is 11.7. The molecule has 8 nitrogen and oxygen atoms in total. The fourth-order valence-corrected chi connectivity index (χ4v) is 5.25. The molecule has 0 saturated heterocycles. The molecular weight excluding hydrogens is 568 g/mol. The van der Waals surface area contributed by atoms with Crippen LogP contribution in [0.3, 0.4) is 0 Å². The van der Waals surface area contributed by atoms with Crippen LogP contribution in [0, 0.1) is 5.92 Å². The Morgan fingerprint density at radius 3 is 2.02 bits per heavy atom. The van der Waals surface area contributed by atoms with Gasteiger partial charge in [0.05, 0.1) is 13.5 Å². The van der Waals surface area contributed by atoms with E-state index in [-0.39, 0.29) is 25.5 Å². The largest absolute Gasteiger partial charge is 0.496 e. The highest BCUT2D eigenvalue weighted by Gasteiger charge is 2.35. The fourth-order valence-electron chi connectivity index (χ4n) is 5.25. The quantitative estimate of drug-likeness (QED) is 0.154. The summed E-state index contributed by atoms with van der Waals surface area (Å²) in [6.07, 6.45) is -0.0262. The lowest BCUT2D eigenvalue weighted by atomic mass is 9.83. The summed E-state index contributed by atoms with van der Waals surface area (Å²) in [5, 5.41) is 13.3. The number of methoxy groups -OCH3 is 1. The zero-order valence-corrected chi connectivity index (χ0v) is 25.9. The van der Waals surface area contributed by atoms with Crippen LogP contribution in [-0.4, -0.2) is 54.2 Å². The van der Waals surface area contributed by atoms with Gasteiger partial charge in [-0.25, -0.2) is 9.59 Å². The fraction of sp³-hybridized carbons (Fsp3) is 0.270. The number of rotatable bonds is 14. The van der Waals surface area contributed by atoms with Crippen LogP contribution >= 0.6 is 0 Å². The van der Waals surface area contributed by atoms with Gasteiger partial charge in [0.2, 0.25) is 0 Å². The van der Waals surface area contributed by atoms with E-state index in [0.717, 1.165) is 16.7 Å². The van der Waals surface area contributed by atoms with Crippen LogP contribution in [0.1, 0.15) is 42.9 Å². The normalized spacial score (nSPS) is 12.2. The molecule has 2 amide bonds. The molecule has 0 saturated carbocycles. The second-order valence-electron chi connectivity index (χ2n) is 11.2. The maximum Gasteiger partial charge on any atom is 0.327 e. The molecule has 0 fully saturated rings. The summed E-state index contributed by atoms with van der Waals surface area (Å²) in [4.78, 5) is 40.6. The van der Waals surface area contributed by atoms with Gasteiger partial charge in [0.25, 0.3) is 0 Å². The predicted octanol–water partition coefficient (Wildman–Crippen LogP) is 6.75. The first-order valence-corrected chi connectivity index (χ1v) is 15.0. The van der Waals surface area contributed by atoms with Crippen LogP contribution in [0.25, 0.3) is 11.1 Å². The molecule has 0 aliphatic carbocycles. The van der Waals surface area contributed by atoms with Crippen LogP contribution in [0.5, 0.6) is 5.75 Å². The average Bonchev–Trinajstić information content (AvgIpc) is 3.06. The third kappa shape index (κ3) is 9.19. The van der Waals surface area contributed by atoms with Gasteiger partial charge in [0.15, 0.2) is 0 Å². The number of carboxylic acids is 1. The van der Waals surface area contributed by atoms with Crippen molar-refractivity contribution >= 4 is 18.0 Å². The Labute approximate surface area is 264 Å². The number of para-hydroxylation sites is 1. The molecule has 4 aromatic rings. The van der Waals surface area contributed by atoms with Gasteiger partial charge < -0.3 is 24.8 Å².